The third-order valence-corrected chi connectivity index (χ3v) is 1.90. The number of fused-ring (bicyclic) bond motifs is 1. The Labute approximate surface area is 109 Å². The minimum atomic E-state index is 0.0233. The van der Waals surface area contributed by atoms with Crippen molar-refractivity contribution in [3.63, 3.8) is 0 Å². The summed E-state index contributed by atoms with van der Waals surface area (Å²) in [5.74, 6) is 1.37. The third-order valence-electron chi connectivity index (χ3n) is 1.90. The Morgan fingerprint density at radius 1 is 1.08 bits per heavy atom. The van der Waals surface area contributed by atoms with Crippen LogP contribution in [0.5, 0.6) is 0 Å². The van der Waals surface area contributed by atoms with E-state index in [1.165, 1.54) is 17.0 Å². The Morgan fingerprint density at radius 3 is 2.31 bits per heavy atom. The predicted molar refractivity (Wildman–Crippen MR) is 71.5 cm³/mol. The zero-order valence-electron chi connectivity index (χ0n) is 7.22. The molecule has 0 bridgehead atoms. The maximum absolute atomic E-state index is 2.47. The average Bonchev–Trinajstić information content (AvgIpc) is 2.50. The molecule has 0 amide bonds. The van der Waals surface area contributed by atoms with Crippen molar-refractivity contribution in [1.29, 1.82) is 0 Å². The summed E-state index contributed by atoms with van der Waals surface area (Å²) in [6.07, 6.45) is 4.31. The molecule has 0 atom stereocenters. The maximum atomic E-state index is 2.47. The standard InChI is InChI=1S/C10H9.Hf.2HI/c1-8-6-7-9-4-2-3-5-10(8)9;;;/h2-7H,1H3;;2*1H/q;+2;;/p-2. The second-order valence-electron chi connectivity index (χ2n) is 2.68. The van der Waals surface area contributed by atoms with Crippen molar-refractivity contribution in [2.24, 2.45) is 0 Å². The zero-order valence-corrected chi connectivity index (χ0v) is 15.1. The van der Waals surface area contributed by atoms with Gasteiger partial charge in [0.15, 0.2) is 0 Å². The summed E-state index contributed by atoms with van der Waals surface area (Å²) >= 11 is 4.96. The van der Waals surface area contributed by atoms with Gasteiger partial charge in [-0.2, -0.15) is 0 Å². The molecule has 0 saturated carbocycles. The summed E-state index contributed by atoms with van der Waals surface area (Å²) in [6, 6.07) is 8.45. The molecule has 0 saturated heterocycles. The Balaban J connectivity index is 0.000000251. The first-order valence-electron chi connectivity index (χ1n) is 3.87. The molecule has 0 aromatic heterocycles. The summed E-state index contributed by atoms with van der Waals surface area (Å²) in [6.45, 7) is 2.14. The van der Waals surface area contributed by atoms with Crippen LogP contribution in [0.1, 0.15) is 18.1 Å². The SMILES string of the molecule is C[C]1C=Cc2ccccc21.[I][Hf][I]. The van der Waals surface area contributed by atoms with E-state index in [4.69, 9.17) is 0 Å². The van der Waals surface area contributed by atoms with Crippen molar-refractivity contribution in [3.05, 3.63) is 47.4 Å². The van der Waals surface area contributed by atoms with Crippen LogP contribution in [-0.2, 0) is 14.6 Å². The molecule has 0 nitrogen and oxygen atoms in total. The Morgan fingerprint density at radius 2 is 1.69 bits per heavy atom. The first kappa shape index (κ1) is 12.4. The van der Waals surface area contributed by atoms with E-state index in [0.717, 1.165) is 0 Å². The molecular formula is C10H9HfI2. The van der Waals surface area contributed by atoms with Crippen LogP contribution >= 0.6 is 36.3 Å². The third kappa shape index (κ3) is 3.74. The van der Waals surface area contributed by atoms with E-state index < -0.39 is 0 Å². The quantitative estimate of drug-likeness (QED) is 0.325. The number of rotatable bonds is 0. The van der Waals surface area contributed by atoms with Crippen LogP contribution in [0, 0.1) is 5.92 Å². The van der Waals surface area contributed by atoms with Crippen LogP contribution in [0.25, 0.3) is 6.08 Å². The fraction of sp³-hybridized carbons (Fsp3) is 0.100. The van der Waals surface area contributed by atoms with Gasteiger partial charge in [0.05, 0.1) is 0 Å². The first-order chi connectivity index (χ1) is 6.29. The number of benzene rings is 1. The normalized spacial score (nSPS) is 13.2. The van der Waals surface area contributed by atoms with Gasteiger partial charge in [-0.3, -0.25) is 0 Å². The molecule has 1 aromatic carbocycles. The van der Waals surface area contributed by atoms with Crippen LogP contribution in [0.4, 0.5) is 0 Å². The van der Waals surface area contributed by atoms with Crippen molar-refractivity contribution in [3.8, 4) is 0 Å². The number of hydrogen-bond acceptors (Lipinski definition) is 0. The van der Waals surface area contributed by atoms with Gasteiger partial charge in [0.25, 0.3) is 0 Å². The summed E-state index contributed by atoms with van der Waals surface area (Å²) in [5, 5.41) is 0. The fourth-order valence-corrected chi connectivity index (χ4v) is 1.31. The molecule has 2 rings (SSSR count). The molecule has 0 unspecified atom stereocenters. The Bertz CT molecular complexity index is 297. The summed E-state index contributed by atoms with van der Waals surface area (Å²) in [4.78, 5) is 0. The zero-order chi connectivity index (χ0) is 9.68. The summed E-state index contributed by atoms with van der Waals surface area (Å²) < 4.78 is 0. The molecule has 3 heteroatoms. The van der Waals surface area contributed by atoms with Crippen LogP contribution in [-0.4, -0.2) is 0 Å². The van der Waals surface area contributed by atoms with Gasteiger partial charge >= 0.3 is 50.9 Å². The molecule has 1 aliphatic carbocycles. The van der Waals surface area contributed by atoms with Gasteiger partial charge in [-0.15, -0.1) is 0 Å². The second-order valence-corrected chi connectivity index (χ2v) is 28.9. The van der Waals surface area contributed by atoms with Gasteiger partial charge in [-0.1, -0.05) is 43.3 Å². The molecule has 0 aliphatic heterocycles. The molecule has 0 fully saturated rings. The van der Waals surface area contributed by atoms with E-state index in [0.29, 0.717) is 0 Å². The first-order valence-corrected chi connectivity index (χ1v) is 24.2. The number of halogens is 2. The van der Waals surface area contributed by atoms with Crippen LogP contribution in [0.15, 0.2) is 30.3 Å². The van der Waals surface area contributed by atoms with E-state index in [1.807, 2.05) is 0 Å². The van der Waals surface area contributed by atoms with Gasteiger partial charge in [0, 0.05) is 5.92 Å². The monoisotopic (exact) mass is 563 g/mol. The molecule has 13 heavy (non-hydrogen) atoms. The van der Waals surface area contributed by atoms with Crippen LogP contribution in [0.2, 0.25) is 0 Å². The molecule has 1 aliphatic rings. The minimum absolute atomic E-state index is 0.0233. The molecule has 67 valence electrons. The van der Waals surface area contributed by atoms with Gasteiger partial charge in [0.1, 0.15) is 0 Å². The molecular weight excluding hydrogens is 552 g/mol. The topological polar surface area (TPSA) is 0 Å². The van der Waals surface area contributed by atoms with Gasteiger partial charge in [-0.25, -0.2) is 0 Å². The summed E-state index contributed by atoms with van der Waals surface area (Å²) in [5.41, 5.74) is 2.72. The van der Waals surface area contributed by atoms with E-state index in [-0.39, 0.29) is 14.6 Å². The Kier molecular flexibility index (Phi) is 6.38. The van der Waals surface area contributed by atoms with Gasteiger partial charge in [-0.05, 0) is 11.1 Å². The molecule has 1 aromatic rings. The van der Waals surface area contributed by atoms with Crippen molar-refractivity contribution >= 4 is 42.4 Å². The van der Waals surface area contributed by atoms with Crippen molar-refractivity contribution in [2.75, 3.05) is 0 Å². The van der Waals surface area contributed by atoms with Crippen molar-refractivity contribution < 1.29 is 14.6 Å². The van der Waals surface area contributed by atoms with E-state index in [2.05, 4.69) is 79.6 Å². The van der Waals surface area contributed by atoms with E-state index in [1.54, 1.807) is 0 Å². The van der Waals surface area contributed by atoms with Crippen LogP contribution in [0.3, 0.4) is 0 Å². The fourth-order valence-electron chi connectivity index (χ4n) is 1.31. The Hall–Kier alpha value is 1.29. The number of allylic oxidation sites excluding steroid dienone is 1. The number of hydrogen-bond donors (Lipinski definition) is 0. The van der Waals surface area contributed by atoms with Crippen LogP contribution < -0.4 is 0 Å². The van der Waals surface area contributed by atoms with Crippen molar-refractivity contribution in [1.82, 2.24) is 0 Å². The molecule has 0 spiro atoms. The van der Waals surface area contributed by atoms with Gasteiger partial charge < -0.3 is 0 Å². The second kappa shape index (κ2) is 6.71. The van der Waals surface area contributed by atoms with Gasteiger partial charge in [0.2, 0.25) is 0 Å². The predicted octanol–water partition coefficient (Wildman–Crippen LogP) is 4.42. The van der Waals surface area contributed by atoms with Crippen molar-refractivity contribution in [2.45, 2.75) is 6.92 Å². The molecule has 0 N–H and O–H groups in total. The summed E-state index contributed by atoms with van der Waals surface area (Å²) in [7, 11) is 0. The average molecular weight is 561 g/mol. The molecule has 0 heterocycles. The molecule has 1 radical (unpaired) electrons. The van der Waals surface area contributed by atoms with E-state index >= 15 is 0 Å². The van der Waals surface area contributed by atoms with E-state index in [9.17, 15) is 0 Å².